The molecule has 0 radical (unpaired) electrons. The second-order valence-electron chi connectivity index (χ2n) is 2.45. The number of para-hydroxylation sites is 1. The minimum Gasteiger partial charge on any atom is -0.737 e. The van der Waals surface area contributed by atoms with Gasteiger partial charge in [-0.3, -0.25) is 0 Å². The molecule has 0 aliphatic rings. The zero-order chi connectivity index (χ0) is 11.5. The largest absolute Gasteiger partial charge is 0.737 e. The molecule has 5 nitrogen and oxygen atoms in total. The first-order valence-electron chi connectivity index (χ1n) is 3.69. The summed E-state index contributed by atoms with van der Waals surface area (Å²) in [6, 6.07) is 6.13. The summed E-state index contributed by atoms with van der Waals surface area (Å²) < 4.78 is 37.0. The molecule has 0 aliphatic carbocycles. The standard InChI is InChI=1S/C7H6F3N3O2/c8-7(9,10)12(13(15)11-14)6-4-2-1-3-5-6/h1-5,14H/p-1/b13-11-. The zero-order valence-corrected chi connectivity index (χ0v) is 7.18. The third-order valence-corrected chi connectivity index (χ3v) is 1.48. The lowest BCUT2D eigenvalue weighted by Gasteiger charge is -2.20. The molecule has 0 aliphatic heterocycles. The van der Waals surface area contributed by atoms with E-state index >= 15 is 0 Å². The quantitative estimate of drug-likeness (QED) is 0.332. The Bertz CT molecular complexity index is 352. The molecular formula is C7H5F3N3O2-. The maximum absolute atomic E-state index is 12.3. The highest BCUT2D eigenvalue weighted by Gasteiger charge is 2.45. The van der Waals surface area contributed by atoms with E-state index in [0.717, 1.165) is 12.1 Å². The highest BCUT2D eigenvalue weighted by atomic mass is 19.4. The zero-order valence-electron chi connectivity index (χ0n) is 7.18. The second-order valence-corrected chi connectivity index (χ2v) is 2.45. The Labute approximate surface area is 82.2 Å². The molecule has 0 bridgehead atoms. The van der Waals surface area contributed by atoms with E-state index in [9.17, 15) is 23.6 Å². The van der Waals surface area contributed by atoms with Gasteiger partial charge < -0.3 is 10.4 Å². The van der Waals surface area contributed by atoms with E-state index in [2.05, 4.69) is 0 Å². The molecule has 0 saturated carbocycles. The van der Waals surface area contributed by atoms with Crippen molar-refractivity contribution in [2.75, 3.05) is 5.01 Å². The fraction of sp³-hybridized carbons (Fsp3) is 0.143. The Morgan fingerprint density at radius 1 is 1.20 bits per heavy atom. The Morgan fingerprint density at radius 2 is 1.73 bits per heavy atom. The molecule has 0 unspecified atom stereocenters. The van der Waals surface area contributed by atoms with Crippen LogP contribution in [0.5, 0.6) is 0 Å². The predicted octanol–water partition coefficient (Wildman–Crippen LogP) is 2.39. The molecule has 0 amide bonds. The summed E-state index contributed by atoms with van der Waals surface area (Å²) in [6.45, 7) is 0. The number of hydrazine groups is 1. The van der Waals surface area contributed by atoms with E-state index in [4.69, 9.17) is 0 Å². The number of hydrogen-bond acceptors (Lipinski definition) is 3. The van der Waals surface area contributed by atoms with E-state index in [1.54, 1.807) is 5.28 Å². The molecule has 82 valence electrons. The SMILES string of the molecule is [O-]/N=[N+](\[O-])N(c1ccccc1)C(F)(F)F. The van der Waals surface area contributed by atoms with Crippen molar-refractivity contribution in [1.82, 2.24) is 0 Å². The van der Waals surface area contributed by atoms with Crippen molar-refractivity contribution in [2.45, 2.75) is 6.30 Å². The van der Waals surface area contributed by atoms with Crippen LogP contribution >= 0.6 is 0 Å². The van der Waals surface area contributed by atoms with Gasteiger partial charge in [0.25, 0.3) is 0 Å². The monoisotopic (exact) mass is 220 g/mol. The van der Waals surface area contributed by atoms with Gasteiger partial charge >= 0.3 is 6.30 Å². The molecule has 15 heavy (non-hydrogen) atoms. The van der Waals surface area contributed by atoms with Crippen LogP contribution in [-0.4, -0.2) is 11.3 Å². The minimum absolute atomic E-state index is 0.486. The van der Waals surface area contributed by atoms with Crippen molar-refractivity contribution in [3.63, 3.8) is 0 Å². The number of nitrogens with zero attached hydrogens (tertiary/aromatic N) is 3. The molecule has 0 aromatic heterocycles. The maximum atomic E-state index is 12.3. The van der Waals surface area contributed by atoms with Gasteiger partial charge in [-0.1, -0.05) is 18.2 Å². The van der Waals surface area contributed by atoms with Crippen LogP contribution in [0, 0.1) is 10.4 Å². The summed E-state index contributed by atoms with van der Waals surface area (Å²) in [5.41, 5.74) is -0.486. The first-order chi connectivity index (χ1) is 6.96. The second kappa shape index (κ2) is 4.03. The first kappa shape index (κ1) is 11.1. The van der Waals surface area contributed by atoms with Gasteiger partial charge in [0.1, 0.15) is 5.69 Å². The van der Waals surface area contributed by atoms with Crippen molar-refractivity contribution < 1.29 is 18.1 Å². The molecule has 0 spiro atoms. The third kappa shape index (κ3) is 2.48. The van der Waals surface area contributed by atoms with Crippen LogP contribution in [0.1, 0.15) is 0 Å². The van der Waals surface area contributed by atoms with Crippen molar-refractivity contribution >= 4 is 5.69 Å². The lowest BCUT2D eigenvalue weighted by atomic mass is 10.3. The summed E-state index contributed by atoms with van der Waals surface area (Å²) in [4.78, 5) is -1.06. The number of halogens is 3. The van der Waals surface area contributed by atoms with E-state index in [-0.39, 0.29) is 0 Å². The molecule has 8 heteroatoms. The van der Waals surface area contributed by atoms with Crippen molar-refractivity contribution in [3.8, 4) is 0 Å². The first-order valence-corrected chi connectivity index (χ1v) is 3.69. The Balaban J connectivity index is 3.14. The number of benzene rings is 1. The fourth-order valence-corrected chi connectivity index (χ4v) is 0.948. The van der Waals surface area contributed by atoms with E-state index in [1.807, 2.05) is 0 Å². The predicted molar refractivity (Wildman–Crippen MR) is 44.4 cm³/mol. The van der Waals surface area contributed by atoms with Gasteiger partial charge in [0, 0.05) is 4.97 Å². The van der Waals surface area contributed by atoms with Crippen LogP contribution in [0.25, 0.3) is 0 Å². The van der Waals surface area contributed by atoms with Gasteiger partial charge in [0.2, 0.25) is 0 Å². The smallest absolute Gasteiger partial charge is 0.539 e. The molecule has 0 heterocycles. The Kier molecular flexibility index (Phi) is 2.98. The van der Waals surface area contributed by atoms with Crippen LogP contribution in [0.4, 0.5) is 18.9 Å². The Morgan fingerprint density at radius 3 is 2.13 bits per heavy atom. The van der Waals surface area contributed by atoms with E-state index < -0.39 is 22.0 Å². The maximum Gasteiger partial charge on any atom is 0.539 e. The third-order valence-electron chi connectivity index (χ3n) is 1.48. The van der Waals surface area contributed by atoms with Gasteiger partial charge in [-0.2, -0.15) is 0 Å². The summed E-state index contributed by atoms with van der Waals surface area (Å²) in [7, 11) is 0. The number of alkyl halides is 3. The van der Waals surface area contributed by atoms with Gasteiger partial charge in [-0.05, 0) is 22.4 Å². The highest BCUT2D eigenvalue weighted by Crippen LogP contribution is 2.28. The van der Waals surface area contributed by atoms with E-state index in [1.165, 1.54) is 18.2 Å². The number of hydrogen-bond donors (Lipinski definition) is 0. The topological polar surface area (TPSA) is 64.7 Å². The molecule has 0 saturated heterocycles. The molecule has 1 aromatic rings. The van der Waals surface area contributed by atoms with Crippen LogP contribution in [0.2, 0.25) is 0 Å². The summed E-state index contributed by atoms with van der Waals surface area (Å²) in [5, 5.41) is 21.3. The minimum atomic E-state index is -5.00. The van der Waals surface area contributed by atoms with Gasteiger partial charge in [-0.25, -0.2) is 0 Å². The lowest BCUT2D eigenvalue weighted by molar-refractivity contribution is -0.574. The number of rotatable bonds is 2. The van der Waals surface area contributed by atoms with Gasteiger partial charge in [0.15, 0.2) is 0 Å². The summed E-state index contributed by atoms with van der Waals surface area (Å²) in [5.74, 6) is 0. The van der Waals surface area contributed by atoms with Crippen molar-refractivity contribution in [3.05, 3.63) is 40.7 Å². The van der Waals surface area contributed by atoms with Crippen LogP contribution in [-0.2, 0) is 0 Å². The molecular weight excluding hydrogens is 215 g/mol. The molecule has 1 aromatic carbocycles. The molecule has 0 N–H and O–H groups in total. The van der Waals surface area contributed by atoms with Crippen LogP contribution < -0.4 is 5.01 Å². The van der Waals surface area contributed by atoms with Crippen molar-refractivity contribution in [1.29, 1.82) is 0 Å². The normalized spacial score (nSPS) is 12.6. The fourth-order valence-electron chi connectivity index (χ4n) is 0.948. The molecule has 1 rings (SSSR count). The summed E-state index contributed by atoms with van der Waals surface area (Å²) >= 11 is 0. The van der Waals surface area contributed by atoms with Gasteiger partial charge in [-0.15, -0.1) is 13.2 Å². The molecule has 0 fully saturated rings. The number of anilines is 1. The van der Waals surface area contributed by atoms with Crippen LogP contribution in [0.15, 0.2) is 35.6 Å². The molecule has 0 atom stereocenters. The average Bonchev–Trinajstić information content (AvgIpc) is 2.17. The van der Waals surface area contributed by atoms with Crippen LogP contribution in [0.3, 0.4) is 0 Å². The average molecular weight is 220 g/mol. The van der Waals surface area contributed by atoms with Gasteiger partial charge in [0.05, 0.1) is 0 Å². The Hall–Kier alpha value is -1.99. The summed E-state index contributed by atoms with van der Waals surface area (Å²) in [6.07, 6.45) is -5.00. The highest BCUT2D eigenvalue weighted by molar-refractivity contribution is 5.43. The lowest BCUT2D eigenvalue weighted by Crippen LogP contribution is -2.42. The van der Waals surface area contributed by atoms with E-state index in [0.29, 0.717) is 0 Å². The van der Waals surface area contributed by atoms with Crippen molar-refractivity contribution in [2.24, 2.45) is 5.28 Å².